The monoisotopic (exact) mass is 265 g/mol. The Kier molecular flexibility index (Phi) is 2.57. The molecule has 0 radical (unpaired) electrons. The van der Waals surface area contributed by atoms with Crippen molar-refractivity contribution in [1.82, 2.24) is 0 Å². The Morgan fingerprint density at radius 3 is 2.47 bits per heavy atom. The molecular weight excluding hydrogens is 254 g/mol. The van der Waals surface area contributed by atoms with Crippen LogP contribution in [-0.2, 0) is 0 Å². The van der Waals surface area contributed by atoms with Gasteiger partial charge in [0.2, 0.25) is 0 Å². The molecule has 3 heteroatoms. The van der Waals surface area contributed by atoms with E-state index in [0.717, 1.165) is 32.8 Å². The highest BCUT2D eigenvalue weighted by molar-refractivity contribution is 9.10. The largest absolute Gasteiger partial charge is 0.466 e. The van der Waals surface area contributed by atoms with Gasteiger partial charge in [-0.1, -0.05) is 6.07 Å². The summed E-state index contributed by atoms with van der Waals surface area (Å²) in [5.41, 5.74) is 8.77. The fourth-order valence-corrected chi connectivity index (χ4v) is 1.88. The molecule has 0 saturated carbocycles. The molecule has 1 aromatic carbocycles. The molecule has 78 valence electrons. The number of anilines is 1. The summed E-state index contributed by atoms with van der Waals surface area (Å²) in [5, 5.41) is 0. The van der Waals surface area contributed by atoms with Crippen LogP contribution in [0.15, 0.2) is 33.2 Å². The highest BCUT2D eigenvalue weighted by Crippen LogP contribution is 2.30. The van der Waals surface area contributed by atoms with Gasteiger partial charge in [-0.15, -0.1) is 0 Å². The summed E-state index contributed by atoms with van der Waals surface area (Å²) >= 11 is 3.38. The zero-order valence-corrected chi connectivity index (χ0v) is 10.3. The van der Waals surface area contributed by atoms with Crippen LogP contribution in [-0.4, -0.2) is 0 Å². The predicted octanol–water partition coefficient (Wildman–Crippen LogP) is 3.91. The van der Waals surface area contributed by atoms with E-state index in [1.807, 2.05) is 38.1 Å². The lowest BCUT2D eigenvalue weighted by molar-refractivity contribution is 0.505. The molecule has 0 fully saturated rings. The first kappa shape index (κ1) is 10.3. The molecular formula is C12H12BrNO. The third-order valence-corrected chi connectivity index (χ3v) is 3.07. The number of rotatable bonds is 1. The van der Waals surface area contributed by atoms with Gasteiger partial charge in [0.1, 0.15) is 11.5 Å². The summed E-state index contributed by atoms with van der Waals surface area (Å²) in [4.78, 5) is 0. The van der Waals surface area contributed by atoms with Crippen molar-refractivity contribution in [3.8, 4) is 11.1 Å². The molecule has 2 rings (SSSR count). The van der Waals surface area contributed by atoms with Gasteiger partial charge in [-0.2, -0.15) is 0 Å². The smallest absolute Gasteiger partial charge is 0.108 e. The van der Waals surface area contributed by atoms with Crippen LogP contribution in [0.4, 0.5) is 5.69 Å². The van der Waals surface area contributed by atoms with Gasteiger partial charge in [-0.05, 0) is 53.5 Å². The van der Waals surface area contributed by atoms with E-state index in [9.17, 15) is 0 Å². The first-order chi connectivity index (χ1) is 7.08. The minimum absolute atomic E-state index is 0.741. The lowest BCUT2D eigenvalue weighted by Gasteiger charge is -2.02. The van der Waals surface area contributed by atoms with Gasteiger partial charge in [0.15, 0.2) is 0 Å². The molecule has 0 aliphatic heterocycles. The van der Waals surface area contributed by atoms with Crippen LogP contribution >= 0.6 is 15.9 Å². The number of furan rings is 1. The Balaban J connectivity index is 2.54. The summed E-state index contributed by atoms with van der Waals surface area (Å²) in [5.74, 6) is 1.85. The lowest BCUT2D eigenvalue weighted by Crippen LogP contribution is -1.87. The standard InChI is InChI=1S/C12H12BrNO/c1-7-5-10(8(2)15-7)9-3-4-11(13)12(14)6-9/h3-6H,14H2,1-2H3. The highest BCUT2D eigenvalue weighted by Gasteiger charge is 2.08. The number of halogens is 1. The summed E-state index contributed by atoms with van der Waals surface area (Å²) in [7, 11) is 0. The summed E-state index contributed by atoms with van der Waals surface area (Å²) in [6.07, 6.45) is 0. The van der Waals surface area contributed by atoms with Crippen molar-refractivity contribution >= 4 is 21.6 Å². The van der Waals surface area contributed by atoms with Crippen LogP contribution in [0.3, 0.4) is 0 Å². The number of nitrogens with two attached hydrogens (primary N) is 1. The zero-order valence-electron chi connectivity index (χ0n) is 8.67. The molecule has 2 nitrogen and oxygen atoms in total. The van der Waals surface area contributed by atoms with E-state index in [4.69, 9.17) is 10.2 Å². The van der Waals surface area contributed by atoms with Crippen LogP contribution in [0.5, 0.6) is 0 Å². The van der Waals surface area contributed by atoms with Gasteiger partial charge in [0, 0.05) is 15.7 Å². The van der Waals surface area contributed by atoms with Gasteiger partial charge < -0.3 is 10.2 Å². The first-order valence-corrected chi connectivity index (χ1v) is 5.49. The van der Waals surface area contributed by atoms with E-state index >= 15 is 0 Å². The molecule has 1 aromatic heterocycles. The Labute approximate surface area is 97.2 Å². The molecule has 0 bridgehead atoms. The van der Waals surface area contributed by atoms with E-state index < -0.39 is 0 Å². The van der Waals surface area contributed by atoms with Gasteiger partial charge in [0.25, 0.3) is 0 Å². The lowest BCUT2D eigenvalue weighted by atomic mass is 10.1. The fourth-order valence-electron chi connectivity index (χ4n) is 1.63. The third-order valence-electron chi connectivity index (χ3n) is 2.35. The molecule has 0 aliphatic rings. The zero-order chi connectivity index (χ0) is 11.0. The number of benzene rings is 1. The van der Waals surface area contributed by atoms with E-state index in [2.05, 4.69) is 15.9 Å². The fraction of sp³-hybridized carbons (Fsp3) is 0.167. The molecule has 0 spiro atoms. The van der Waals surface area contributed by atoms with Crippen LogP contribution in [0.1, 0.15) is 11.5 Å². The van der Waals surface area contributed by atoms with Crippen LogP contribution < -0.4 is 5.73 Å². The SMILES string of the molecule is Cc1cc(-c2ccc(Br)c(N)c2)c(C)o1. The van der Waals surface area contributed by atoms with Crippen LogP contribution in [0, 0.1) is 13.8 Å². The summed E-state index contributed by atoms with van der Waals surface area (Å²) in [6.45, 7) is 3.90. The Bertz CT molecular complexity index is 502. The topological polar surface area (TPSA) is 39.2 Å². The molecule has 2 aromatic rings. The second-order valence-electron chi connectivity index (χ2n) is 3.56. The quantitative estimate of drug-likeness (QED) is 0.795. The minimum atomic E-state index is 0.741. The number of nitrogen functional groups attached to an aromatic ring is 1. The highest BCUT2D eigenvalue weighted by atomic mass is 79.9. The number of hydrogen-bond donors (Lipinski definition) is 1. The molecule has 0 amide bonds. The predicted molar refractivity (Wildman–Crippen MR) is 65.7 cm³/mol. The minimum Gasteiger partial charge on any atom is -0.466 e. The Morgan fingerprint density at radius 2 is 1.93 bits per heavy atom. The molecule has 0 unspecified atom stereocenters. The van der Waals surface area contributed by atoms with Gasteiger partial charge in [-0.3, -0.25) is 0 Å². The molecule has 0 saturated heterocycles. The maximum absolute atomic E-state index is 5.84. The van der Waals surface area contributed by atoms with Gasteiger partial charge in [0.05, 0.1) is 0 Å². The molecule has 1 heterocycles. The van der Waals surface area contributed by atoms with Crippen molar-refractivity contribution in [2.75, 3.05) is 5.73 Å². The van der Waals surface area contributed by atoms with E-state index in [-0.39, 0.29) is 0 Å². The second kappa shape index (κ2) is 3.74. The maximum atomic E-state index is 5.84. The average molecular weight is 266 g/mol. The number of aryl methyl sites for hydroxylation is 2. The van der Waals surface area contributed by atoms with Crippen LogP contribution in [0.2, 0.25) is 0 Å². The van der Waals surface area contributed by atoms with Gasteiger partial charge >= 0.3 is 0 Å². The molecule has 2 N–H and O–H groups in total. The Morgan fingerprint density at radius 1 is 1.20 bits per heavy atom. The Hall–Kier alpha value is -1.22. The van der Waals surface area contributed by atoms with E-state index in [1.165, 1.54) is 0 Å². The van der Waals surface area contributed by atoms with Crippen molar-refractivity contribution in [3.63, 3.8) is 0 Å². The van der Waals surface area contributed by atoms with E-state index in [0.29, 0.717) is 0 Å². The van der Waals surface area contributed by atoms with Crippen molar-refractivity contribution in [2.24, 2.45) is 0 Å². The molecule has 0 atom stereocenters. The molecule has 15 heavy (non-hydrogen) atoms. The first-order valence-electron chi connectivity index (χ1n) is 4.70. The van der Waals surface area contributed by atoms with Crippen molar-refractivity contribution in [1.29, 1.82) is 0 Å². The molecule has 0 aliphatic carbocycles. The third kappa shape index (κ3) is 1.92. The summed E-state index contributed by atoms with van der Waals surface area (Å²) in [6, 6.07) is 7.95. The number of hydrogen-bond acceptors (Lipinski definition) is 2. The maximum Gasteiger partial charge on any atom is 0.108 e. The van der Waals surface area contributed by atoms with E-state index in [1.54, 1.807) is 0 Å². The normalized spacial score (nSPS) is 10.6. The van der Waals surface area contributed by atoms with Gasteiger partial charge in [-0.25, -0.2) is 0 Å². The average Bonchev–Trinajstić information content (AvgIpc) is 2.50. The van der Waals surface area contributed by atoms with Crippen LogP contribution in [0.25, 0.3) is 11.1 Å². The van der Waals surface area contributed by atoms with Crippen molar-refractivity contribution in [3.05, 3.63) is 40.3 Å². The van der Waals surface area contributed by atoms with Crippen molar-refractivity contribution in [2.45, 2.75) is 13.8 Å². The summed E-state index contributed by atoms with van der Waals surface area (Å²) < 4.78 is 6.41. The van der Waals surface area contributed by atoms with Crippen molar-refractivity contribution < 1.29 is 4.42 Å². The second-order valence-corrected chi connectivity index (χ2v) is 4.42.